The molecule has 0 aromatic heterocycles. The molecule has 0 unspecified atom stereocenters. The quantitative estimate of drug-likeness (QED) is 0.743. The van der Waals surface area contributed by atoms with Crippen molar-refractivity contribution >= 4 is 19.9 Å². The third kappa shape index (κ3) is 4.67. The van der Waals surface area contributed by atoms with Gasteiger partial charge in [-0.2, -0.15) is 4.31 Å². The lowest BCUT2D eigenvalue weighted by Gasteiger charge is -2.18. The van der Waals surface area contributed by atoms with Gasteiger partial charge in [0.1, 0.15) is 20.5 Å². The van der Waals surface area contributed by atoms with Crippen LogP contribution in [-0.2, 0) is 26.5 Å². The highest BCUT2D eigenvalue weighted by Crippen LogP contribution is 2.27. The maximum Gasteiger partial charge on any atom is 0.246 e. The second-order valence-corrected chi connectivity index (χ2v) is 8.87. The van der Waals surface area contributed by atoms with Crippen LogP contribution in [0.5, 0.6) is 5.75 Å². The maximum absolute atomic E-state index is 12.4. The van der Waals surface area contributed by atoms with Crippen LogP contribution < -0.4 is 4.74 Å². The zero-order valence-corrected chi connectivity index (χ0v) is 13.7. The van der Waals surface area contributed by atoms with Gasteiger partial charge in [0.25, 0.3) is 0 Å². The van der Waals surface area contributed by atoms with Crippen LogP contribution in [0.1, 0.15) is 5.56 Å². The fraction of sp³-hybridized carbons (Fsp3) is 0.500. The predicted octanol–water partition coefficient (Wildman–Crippen LogP) is -0.147. The number of aliphatic hydroxyl groups is 1. The van der Waals surface area contributed by atoms with Crippen molar-refractivity contribution in [3.05, 3.63) is 23.8 Å². The standard InChI is InChI=1S/C12H19NO6S2/c1-13(6-7-20(3,15)16)21(17,18)12-5-4-10(9-14)8-11(12)19-2/h4-5,8,14H,6-7,9H2,1-3H3. The summed E-state index contributed by atoms with van der Waals surface area (Å²) in [7, 11) is -4.49. The topological polar surface area (TPSA) is 101 Å². The lowest BCUT2D eigenvalue weighted by Crippen LogP contribution is -2.31. The number of hydrogen-bond donors (Lipinski definition) is 1. The zero-order chi connectivity index (χ0) is 16.3. The van der Waals surface area contributed by atoms with Gasteiger partial charge in [-0.05, 0) is 17.7 Å². The Morgan fingerprint density at radius 3 is 2.33 bits per heavy atom. The second kappa shape index (κ2) is 6.73. The van der Waals surface area contributed by atoms with E-state index in [-0.39, 0.29) is 29.5 Å². The van der Waals surface area contributed by atoms with Crippen LogP contribution >= 0.6 is 0 Å². The highest BCUT2D eigenvalue weighted by molar-refractivity contribution is 7.91. The summed E-state index contributed by atoms with van der Waals surface area (Å²) in [6, 6.07) is 4.23. The molecule has 0 saturated heterocycles. The molecule has 0 aliphatic heterocycles. The summed E-state index contributed by atoms with van der Waals surface area (Å²) in [4.78, 5) is -0.0711. The number of methoxy groups -OCH3 is 1. The Morgan fingerprint density at radius 2 is 1.86 bits per heavy atom. The summed E-state index contributed by atoms with van der Waals surface area (Å²) < 4.78 is 53.1. The molecule has 0 amide bonds. The third-order valence-electron chi connectivity index (χ3n) is 2.88. The molecule has 0 aliphatic rings. The van der Waals surface area contributed by atoms with Gasteiger partial charge in [0.2, 0.25) is 10.0 Å². The molecule has 120 valence electrons. The van der Waals surface area contributed by atoms with Gasteiger partial charge in [0, 0.05) is 19.8 Å². The lowest BCUT2D eigenvalue weighted by atomic mass is 10.2. The molecule has 1 rings (SSSR count). The third-order valence-corrected chi connectivity index (χ3v) is 5.70. The largest absolute Gasteiger partial charge is 0.495 e. The van der Waals surface area contributed by atoms with Crippen LogP contribution in [-0.4, -0.2) is 59.0 Å². The van der Waals surface area contributed by atoms with E-state index in [9.17, 15) is 16.8 Å². The van der Waals surface area contributed by atoms with E-state index in [1.165, 1.54) is 32.4 Å². The fourth-order valence-corrected chi connectivity index (χ4v) is 3.63. The van der Waals surface area contributed by atoms with E-state index in [0.717, 1.165) is 10.6 Å². The van der Waals surface area contributed by atoms with Gasteiger partial charge in [0.05, 0.1) is 19.5 Å². The highest BCUT2D eigenvalue weighted by Gasteiger charge is 2.25. The van der Waals surface area contributed by atoms with Crippen molar-refractivity contribution < 1.29 is 26.7 Å². The van der Waals surface area contributed by atoms with E-state index >= 15 is 0 Å². The molecular formula is C12H19NO6S2. The minimum atomic E-state index is -3.87. The molecule has 9 heteroatoms. The molecule has 0 atom stereocenters. The van der Waals surface area contributed by atoms with Gasteiger partial charge in [-0.25, -0.2) is 16.8 Å². The Balaban J connectivity index is 3.12. The average molecular weight is 337 g/mol. The summed E-state index contributed by atoms with van der Waals surface area (Å²) in [5.74, 6) is -0.160. The molecule has 1 aromatic carbocycles. The SMILES string of the molecule is COc1cc(CO)ccc1S(=O)(=O)N(C)CCS(C)(=O)=O. The number of hydrogen-bond acceptors (Lipinski definition) is 6. The number of rotatable bonds is 7. The second-order valence-electron chi connectivity index (χ2n) is 4.60. The molecule has 0 bridgehead atoms. The van der Waals surface area contributed by atoms with Crippen molar-refractivity contribution in [2.24, 2.45) is 0 Å². The first kappa shape index (κ1) is 17.9. The maximum atomic E-state index is 12.4. The first-order chi connectivity index (χ1) is 9.61. The van der Waals surface area contributed by atoms with Crippen LogP contribution in [0.25, 0.3) is 0 Å². The molecule has 7 nitrogen and oxygen atoms in total. The van der Waals surface area contributed by atoms with Gasteiger partial charge >= 0.3 is 0 Å². The van der Waals surface area contributed by atoms with E-state index in [1.807, 2.05) is 0 Å². The number of aliphatic hydroxyl groups excluding tert-OH is 1. The molecule has 0 fully saturated rings. The monoisotopic (exact) mass is 337 g/mol. The molecule has 1 N–H and O–H groups in total. The van der Waals surface area contributed by atoms with Crippen molar-refractivity contribution in [3.63, 3.8) is 0 Å². The smallest absolute Gasteiger partial charge is 0.246 e. The average Bonchev–Trinajstić information content (AvgIpc) is 2.42. The molecule has 21 heavy (non-hydrogen) atoms. The first-order valence-electron chi connectivity index (χ1n) is 6.03. The zero-order valence-electron chi connectivity index (χ0n) is 12.1. The van der Waals surface area contributed by atoms with E-state index in [2.05, 4.69) is 0 Å². The Hall–Kier alpha value is -1.16. The van der Waals surface area contributed by atoms with E-state index < -0.39 is 19.9 Å². The minimum Gasteiger partial charge on any atom is -0.495 e. The summed E-state index contributed by atoms with van der Waals surface area (Å²) in [5, 5.41) is 9.05. The highest BCUT2D eigenvalue weighted by atomic mass is 32.2. The molecular weight excluding hydrogens is 318 g/mol. The molecule has 0 heterocycles. The van der Waals surface area contributed by atoms with Crippen molar-refractivity contribution in [1.29, 1.82) is 0 Å². The fourth-order valence-electron chi connectivity index (χ4n) is 1.61. The van der Waals surface area contributed by atoms with Crippen LogP contribution in [0.15, 0.2) is 23.1 Å². The van der Waals surface area contributed by atoms with Crippen LogP contribution in [0.3, 0.4) is 0 Å². The van der Waals surface area contributed by atoms with Crippen LogP contribution in [0.4, 0.5) is 0 Å². The summed E-state index contributed by atoms with van der Waals surface area (Å²) in [5.41, 5.74) is 0.518. The Kier molecular flexibility index (Phi) is 5.74. The van der Waals surface area contributed by atoms with Gasteiger partial charge in [-0.1, -0.05) is 6.07 Å². The van der Waals surface area contributed by atoms with Gasteiger partial charge in [0.15, 0.2) is 0 Å². The first-order valence-corrected chi connectivity index (χ1v) is 9.53. The van der Waals surface area contributed by atoms with Crippen LogP contribution in [0.2, 0.25) is 0 Å². The Morgan fingerprint density at radius 1 is 1.24 bits per heavy atom. The normalized spacial score (nSPS) is 12.6. The molecule has 0 aliphatic carbocycles. The summed E-state index contributed by atoms with van der Waals surface area (Å²) >= 11 is 0. The van der Waals surface area contributed by atoms with Gasteiger partial charge in [-0.15, -0.1) is 0 Å². The lowest BCUT2D eigenvalue weighted by molar-refractivity contribution is 0.280. The minimum absolute atomic E-state index is 0.0711. The number of nitrogens with zero attached hydrogens (tertiary/aromatic N) is 1. The summed E-state index contributed by atoms with van der Waals surface area (Å²) in [6.45, 7) is -0.382. The van der Waals surface area contributed by atoms with Crippen LogP contribution in [0, 0.1) is 0 Å². The molecule has 0 radical (unpaired) electrons. The van der Waals surface area contributed by atoms with E-state index in [1.54, 1.807) is 0 Å². The number of benzene rings is 1. The van der Waals surface area contributed by atoms with Gasteiger partial charge < -0.3 is 9.84 Å². The number of sulfonamides is 1. The Bertz CT molecular complexity index is 696. The van der Waals surface area contributed by atoms with E-state index in [4.69, 9.17) is 9.84 Å². The number of sulfone groups is 1. The Labute approximate surface area is 125 Å². The molecule has 0 saturated carbocycles. The van der Waals surface area contributed by atoms with Crippen molar-refractivity contribution in [2.75, 3.05) is 32.7 Å². The van der Waals surface area contributed by atoms with E-state index in [0.29, 0.717) is 5.56 Å². The van der Waals surface area contributed by atoms with Crippen molar-refractivity contribution in [1.82, 2.24) is 4.31 Å². The predicted molar refractivity (Wildman–Crippen MR) is 78.4 cm³/mol. The van der Waals surface area contributed by atoms with Crippen molar-refractivity contribution in [2.45, 2.75) is 11.5 Å². The molecule has 0 spiro atoms. The van der Waals surface area contributed by atoms with Crippen molar-refractivity contribution in [3.8, 4) is 5.75 Å². The number of ether oxygens (including phenoxy) is 1. The van der Waals surface area contributed by atoms with Gasteiger partial charge in [-0.3, -0.25) is 0 Å². The summed E-state index contributed by atoms with van der Waals surface area (Å²) in [6.07, 6.45) is 1.05. The molecule has 1 aromatic rings.